The van der Waals surface area contributed by atoms with Crippen LogP contribution < -0.4 is 0 Å². The second kappa shape index (κ2) is 8.82. The number of piperidine rings is 1. The zero-order valence-corrected chi connectivity index (χ0v) is 16.8. The maximum absolute atomic E-state index is 4.43. The van der Waals surface area contributed by atoms with Gasteiger partial charge >= 0.3 is 0 Å². The van der Waals surface area contributed by atoms with E-state index in [1.165, 1.54) is 24.9 Å². The summed E-state index contributed by atoms with van der Waals surface area (Å²) >= 11 is 0. The summed E-state index contributed by atoms with van der Waals surface area (Å²) in [5.41, 5.74) is 1.38. The fraction of sp³-hybridized carbons (Fsp3) is 0.700. The van der Waals surface area contributed by atoms with E-state index in [0.29, 0.717) is 12.0 Å². The van der Waals surface area contributed by atoms with Crippen molar-refractivity contribution in [3.63, 3.8) is 0 Å². The Morgan fingerprint density at radius 3 is 2.85 bits per heavy atom. The molecular weight excluding hydrogens is 324 g/mol. The quantitative estimate of drug-likeness (QED) is 0.728. The van der Waals surface area contributed by atoms with Crippen molar-refractivity contribution >= 4 is 0 Å². The Hall–Kier alpha value is -1.66. The van der Waals surface area contributed by atoms with Crippen LogP contribution >= 0.6 is 0 Å². The molecule has 2 atom stereocenters. The average Bonchev–Trinajstić information content (AvgIpc) is 3.23. The van der Waals surface area contributed by atoms with Gasteiger partial charge in [0.2, 0.25) is 0 Å². The third-order valence-corrected chi connectivity index (χ3v) is 5.74. The van der Waals surface area contributed by atoms with E-state index in [1.807, 2.05) is 17.9 Å². The molecule has 1 fully saturated rings. The largest absolute Gasteiger partial charge is 0.335 e. The molecule has 1 aliphatic rings. The Kier molecular flexibility index (Phi) is 6.48. The topological polar surface area (TPSA) is 42.1 Å². The van der Waals surface area contributed by atoms with E-state index < -0.39 is 0 Å². The second-order valence-electron chi connectivity index (χ2n) is 7.71. The molecule has 6 nitrogen and oxygen atoms in total. The van der Waals surface area contributed by atoms with Gasteiger partial charge in [0.15, 0.2) is 0 Å². The summed E-state index contributed by atoms with van der Waals surface area (Å²) in [6.45, 7) is 10.00. The molecular formula is C20H34N6. The molecule has 1 aliphatic heterocycles. The smallest absolute Gasteiger partial charge is 0.105 e. The lowest BCUT2D eigenvalue weighted by Gasteiger charge is -2.42. The van der Waals surface area contributed by atoms with Crippen LogP contribution in [-0.2, 0) is 13.6 Å². The summed E-state index contributed by atoms with van der Waals surface area (Å²) < 4.78 is 4.18. The molecule has 0 spiro atoms. The molecule has 0 radical (unpaired) electrons. The van der Waals surface area contributed by atoms with E-state index in [-0.39, 0.29) is 0 Å². The molecule has 0 bridgehead atoms. The number of nitrogens with zero attached hydrogens (tertiary/aromatic N) is 6. The predicted octanol–water partition coefficient (Wildman–Crippen LogP) is 2.72. The van der Waals surface area contributed by atoms with Gasteiger partial charge in [0.05, 0.1) is 6.20 Å². The van der Waals surface area contributed by atoms with Gasteiger partial charge in [-0.2, -0.15) is 5.10 Å². The molecule has 144 valence electrons. The van der Waals surface area contributed by atoms with Crippen LogP contribution in [0.5, 0.6) is 0 Å². The molecule has 3 rings (SSSR count). The van der Waals surface area contributed by atoms with Crippen molar-refractivity contribution in [3.8, 4) is 0 Å². The average molecular weight is 359 g/mol. The van der Waals surface area contributed by atoms with Crippen molar-refractivity contribution in [1.29, 1.82) is 0 Å². The van der Waals surface area contributed by atoms with Gasteiger partial charge in [0, 0.05) is 50.3 Å². The molecule has 0 amide bonds. The van der Waals surface area contributed by atoms with E-state index in [1.54, 1.807) is 0 Å². The number of likely N-dealkylation sites (tertiary alicyclic amines) is 1. The Bertz CT molecular complexity index is 675. The van der Waals surface area contributed by atoms with Gasteiger partial charge in [-0.1, -0.05) is 6.92 Å². The molecule has 1 saturated heterocycles. The zero-order chi connectivity index (χ0) is 18.5. The minimum atomic E-state index is 0.501. The van der Waals surface area contributed by atoms with Crippen molar-refractivity contribution in [3.05, 3.63) is 36.2 Å². The van der Waals surface area contributed by atoms with Gasteiger partial charge in [-0.05, 0) is 58.8 Å². The van der Waals surface area contributed by atoms with Crippen molar-refractivity contribution in [1.82, 2.24) is 29.1 Å². The highest BCUT2D eigenvalue weighted by Crippen LogP contribution is 2.36. The fourth-order valence-corrected chi connectivity index (χ4v) is 4.42. The molecule has 0 unspecified atom stereocenters. The van der Waals surface area contributed by atoms with Crippen LogP contribution in [0.4, 0.5) is 0 Å². The van der Waals surface area contributed by atoms with Crippen LogP contribution in [0.3, 0.4) is 0 Å². The first-order chi connectivity index (χ1) is 12.6. The zero-order valence-electron chi connectivity index (χ0n) is 16.8. The highest BCUT2D eigenvalue weighted by Gasteiger charge is 2.33. The Labute approximate surface area is 157 Å². The van der Waals surface area contributed by atoms with E-state index >= 15 is 0 Å². The van der Waals surface area contributed by atoms with Crippen LogP contribution in [0.15, 0.2) is 24.8 Å². The van der Waals surface area contributed by atoms with E-state index in [2.05, 4.69) is 63.9 Å². The normalized spacial score (nSPS) is 21.6. The molecule has 6 heteroatoms. The summed E-state index contributed by atoms with van der Waals surface area (Å²) in [6, 6.07) is 0.501. The van der Waals surface area contributed by atoms with Crippen LogP contribution in [0.1, 0.15) is 43.6 Å². The molecule has 0 saturated carbocycles. The van der Waals surface area contributed by atoms with Crippen LogP contribution in [0.2, 0.25) is 0 Å². The van der Waals surface area contributed by atoms with Crippen LogP contribution in [0, 0.1) is 12.8 Å². The highest BCUT2D eigenvalue weighted by molar-refractivity contribution is 5.13. The van der Waals surface area contributed by atoms with Crippen LogP contribution in [0.25, 0.3) is 0 Å². The molecule has 0 aliphatic carbocycles. The lowest BCUT2D eigenvalue weighted by Crippen LogP contribution is -2.43. The fourth-order valence-electron chi connectivity index (χ4n) is 4.42. The summed E-state index contributed by atoms with van der Waals surface area (Å²) in [6.07, 6.45) is 12.0. The first kappa shape index (κ1) is 19.1. The van der Waals surface area contributed by atoms with Gasteiger partial charge in [-0.15, -0.1) is 0 Å². The van der Waals surface area contributed by atoms with Gasteiger partial charge < -0.3 is 9.47 Å². The summed E-state index contributed by atoms with van der Waals surface area (Å²) in [5, 5.41) is 4.43. The van der Waals surface area contributed by atoms with Gasteiger partial charge in [0.25, 0.3) is 0 Å². The van der Waals surface area contributed by atoms with E-state index in [9.17, 15) is 0 Å². The Balaban J connectivity index is 1.57. The number of hydrogen-bond acceptors (Lipinski definition) is 4. The van der Waals surface area contributed by atoms with E-state index in [4.69, 9.17) is 0 Å². The highest BCUT2D eigenvalue weighted by atomic mass is 15.3. The predicted molar refractivity (Wildman–Crippen MR) is 105 cm³/mol. The molecule has 2 aromatic heterocycles. The summed E-state index contributed by atoms with van der Waals surface area (Å²) in [4.78, 5) is 9.45. The number of rotatable bonds is 8. The molecule has 0 aromatic carbocycles. The molecule has 0 N–H and O–H groups in total. The van der Waals surface area contributed by atoms with Crippen molar-refractivity contribution in [2.24, 2.45) is 13.0 Å². The third-order valence-electron chi connectivity index (χ3n) is 5.74. The third kappa shape index (κ3) is 4.54. The number of aryl methyl sites for hydroxylation is 3. The van der Waals surface area contributed by atoms with Gasteiger partial charge in [-0.25, -0.2) is 4.98 Å². The first-order valence-electron chi connectivity index (χ1n) is 9.97. The monoisotopic (exact) mass is 358 g/mol. The van der Waals surface area contributed by atoms with Crippen LogP contribution in [-0.4, -0.2) is 62.4 Å². The Morgan fingerprint density at radius 1 is 1.35 bits per heavy atom. The summed E-state index contributed by atoms with van der Waals surface area (Å²) in [5.74, 6) is 1.78. The number of hydrogen-bond donors (Lipinski definition) is 0. The summed E-state index contributed by atoms with van der Waals surface area (Å²) in [7, 11) is 4.29. The number of aromatic nitrogens is 4. The number of imidazole rings is 1. The molecule has 26 heavy (non-hydrogen) atoms. The van der Waals surface area contributed by atoms with Crippen molar-refractivity contribution < 1.29 is 0 Å². The minimum absolute atomic E-state index is 0.501. The van der Waals surface area contributed by atoms with Gasteiger partial charge in [0.1, 0.15) is 5.82 Å². The lowest BCUT2D eigenvalue weighted by atomic mass is 9.85. The maximum Gasteiger partial charge on any atom is 0.105 e. The molecule has 3 heterocycles. The second-order valence-corrected chi connectivity index (χ2v) is 7.71. The first-order valence-corrected chi connectivity index (χ1v) is 9.97. The molecule has 2 aromatic rings. The Morgan fingerprint density at radius 2 is 2.19 bits per heavy atom. The van der Waals surface area contributed by atoms with E-state index in [0.717, 1.165) is 38.4 Å². The van der Waals surface area contributed by atoms with Gasteiger partial charge in [-0.3, -0.25) is 9.58 Å². The minimum Gasteiger partial charge on any atom is -0.335 e. The van der Waals surface area contributed by atoms with Crippen molar-refractivity contribution in [2.45, 2.75) is 45.7 Å². The SMILES string of the molecule is CCN1CCC[C@@H](CN(C)CCCn2ccnc2C)[C@@H]1c1cnn(C)c1. The maximum atomic E-state index is 4.43. The lowest BCUT2D eigenvalue weighted by molar-refractivity contribution is 0.0759. The standard InChI is InChI=1S/C20H34N6/c1-5-25-11-6-8-18(20(25)19-14-22-24(4)16-19)15-23(3)10-7-12-26-13-9-21-17(26)2/h9,13-14,16,18,20H,5-8,10-12,15H2,1-4H3/t18-,20+/m0/s1. The van der Waals surface area contributed by atoms with Crippen molar-refractivity contribution in [2.75, 3.05) is 33.2 Å².